The molecule has 4 heteroatoms. The molecule has 0 aliphatic carbocycles. The zero-order valence-electron chi connectivity index (χ0n) is 11.4. The van der Waals surface area contributed by atoms with Gasteiger partial charge in [-0.05, 0) is 31.2 Å². The van der Waals surface area contributed by atoms with Crippen LogP contribution < -0.4 is 5.56 Å². The highest BCUT2D eigenvalue weighted by Crippen LogP contribution is 2.22. The normalized spacial score (nSPS) is 10.6. The molecule has 0 aliphatic rings. The molecule has 0 aliphatic heterocycles. The summed E-state index contributed by atoms with van der Waals surface area (Å²) in [4.78, 5) is 19.6. The molecule has 3 rings (SSSR count). The number of nitrogens with one attached hydrogen (secondary N) is 1. The first-order chi connectivity index (χ1) is 10.1. The zero-order valence-corrected chi connectivity index (χ0v) is 12.2. The molecule has 0 saturated heterocycles. The predicted molar refractivity (Wildman–Crippen MR) is 85.5 cm³/mol. The summed E-state index contributed by atoms with van der Waals surface area (Å²) in [7, 11) is 0. The van der Waals surface area contributed by atoms with Gasteiger partial charge >= 0.3 is 0 Å². The third kappa shape index (κ3) is 2.73. The Morgan fingerprint density at radius 2 is 1.62 bits per heavy atom. The van der Waals surface area contributed by atoms with Crippen LogP contribution in [-0.4, -0.2) is 9.97 Å². The fourth-order valence-corrected chi connectivity index (χ4v) is 2.28. The average Bonchev–Trinajstić information content (AvgIpc) is 2.51. The Labute approximate surface area is 127 Å². The smallest absolute Gasteiger partial charge is 0.254 e. The fraction of sp³-hybridized carbons (Fsp3) is 0.0588. The Balaban J connectivity index is 2.19. The highest BCUT2D eigenvalue weighted by Gasteiger charge is 2.10. The van der Waals surface area contributed by atoms with Crippen LogP contribution in [0.15, 0.2) is 59.4 Å². The second-order valence-corrected chi connectivity index (χ2v) is 5.20. The van der Waals surface area contributed by atoms with Gasteiger partial charge in [0.2, 0.25) is 0 Å². The van der Waals surface area contributed by atoms with Gasteiger partial charge in [0, 0.05) is 21.7 Å². The molecule has 0 unspecified atom stereocenters. The molecule has 2 aromatic carbocycles. The van der Waals surface area contributed by atoms with E-state index in [0.717, 1.165) is 11.1 Å². The quantitative estimate of drug-likeness (QED) is 0.775. The molecule has 0 spiro atoms. The van der Waals surface area contributed by atoms with Crippen LogP contribution in [0.5, 0.6) is 0 Å². The van der Waals surface area contributed by atoms with E-state index in [2.05, 4.69) is 9.97 Å². The van der Waals surface area contributed by atoms with Crippen LogP contribution in [0.25, 0.3) is 22.6 Å². The van der Waals surface area contributed by atoms with Gasteiger partial charge in [0.15, 0.2) is 0 Å². The molecule has 0 bridgehead atoms. The molecule has 3 aromatic rings. The number of aromatic nitrogens is 2. The van der Waals surface area contributed by atoms with Crippen LogP contribution in [-0.2, 0) is 0 Å². The van der Waals surface area contributed by atoms with E-state index < -0.39 is 0 Å². The molecule has 0 atom stereocenters. The maximum absolute atomic E-state index is 12.2. The summed E-state index contributed by atoms with van der Waals surface area (Å²) < 4.78 is 0. The first kappa shape index (κ1) is 13.6. The number of nitrogens with zero attached hydrogens (tertiary/aromatic N) is 1. The van der Waals surface area contributed by atoms with Gasteiger partial charge in [0.05, 0.1) is 5.69 Å². The van der Waals surface area contributed by atoms with Gasteiger partial charge in [-0.2, -0.15) is 0 Å². The summed E-state index contributed by atoms with van der Waals surface area (Å²) >= 11 is 5.89. The summed E-state index contributed by atoms with van der Waals surface area (Å²) in [5.74, 6) is 0.543. The molecular formula is C17H13ClN2O. The third-order valence-electron chi connectivity index (χ3n) is 3.32. The average molecular weight is 297 g/mol. The third-order valence-corrected chi connectivity index (χ3v) is 3.57. The number of hydrogen-bond acceptors (Lipinski definition) is 2. The number of halogens is 1. The van der Waals surface area contributed by atoms with Gasteiger partial charge in [0.25, 0.3) is 5.56 Å². The predicted octanol–water partition coefficient (Wildman–Crippen LogP) is 4.07. The van der Waals surface area contributed by atoms with E-state index in [0.29, 0.717) is 22.1 Å². The lowest BCUT2D eigenvalue weighted by molar-refractivity contribution is 1.09. The van der Waals surface area contributed by atoms with E-state index in [1.54, 1.807) is 19.1 Å². The highest BCUT2D eigenvalue weighted by molar-refractivity contribution is 6.30. The monoisotopic (exact) mass is 296 g/mol. The minimum atomic E-state index is -0.131. The summed E-state index contributed by atoms with van der Waals surface area (Å²) in [6.07, 6.45) is 0. The molecule has 3 nitrogen and oxygen atoms in total. The van der Waals surface area contributed by atoms with Crippen molar-refractivity contribution >= 4 is 11.6 Å². The van der Waals surface area contributed by atoms with Crippen LogP contribution in [0.3, 0.4) is 0 Å². The molecule has 1 N–H and O–H groups in total. The topological polar surface area (TPSA) is 45.8 Å². The van der Waals surface area contributed by atoms with Gasteiger partial charge in [0.1, 0.15) is 5.82 Å². The maximum Gasteiger partial charge on any atom is 0.254 e. The van der Waals surface area contributed by atoms with Crippen LogP contribution in [0, 0.1) is 6.92 Å². The molecule has 21 heavy (non-hydrogen) atoms. The van der Waals surface area contributed by atoms with Crippen molar-refractivity contribution in [1.29, 1.82) is 0 Å². The molecule has 1 aromatic heterocycles. The van der Waals surface area contributed by atoms with E-state index in [1.165, 1.54) is 0 Å². The van der Waals surface area contributed by atoms with Gasteiger partial charge in [-0.15, -0.1) is 0 Å². The minimum Gasteiger partial charge on any atom is -0.306 e. The van der Waals surface area contributed by atoms with Crippen molar-refractivity contribution in [3.05, 3.63) is 75.5 Å². The Morgan fingerprint density at radius 3 is 2.29 bits per heavy atom. The summed E-state index contributed by atoms with van der Waals surface area (Å²) in [5, 5.41) is 0.650. The lowest BCUT2D eigenvalue weighted by atomic mass is 10.1. The minimum absolute atomic E-state index is 0.131. The molecule has 104 valence electrons. The Morgan fingerprint density at radius 1 is 0.952 bits per heavy atom. The van der Waals surface area contributed by atoms with Crippen molar-refractivity contribution in [2.45, 2.75) is 6.92 Å². The number of aromatic amines is 1. The Bertz CT molecular complexity index is 824. The maximum atomic E-state index is 12.2. The molecule has 0 amide bonds. The molecule has 0 saturated carbocycles. The molecule has 1 heterocycles. The first-order valence-electron chi connectivity index (χ1n) is 6.57. The summed E-state index contributed by atoms with van der Waals surface area (Å²) in [6.45, 7) is 1.78. The van der Waals surface area contributed by atoms with Crippen molar-refractivity contribution < 1.29 is 0 Å². The van der Waals surface area contributed by atoms with E-state index in [1.807, 2.05) is 42.5 Å². The van der Waals surface area contributed by atoms with Gasteiger partial charge < -0.3 is 4.98 Å². The van der Waals surface area contributed by atoms with Crippen molar-refractivity contribution in [2.75, 3.05) is 0 Å². The fourth-order valence-electron chi connectivity index (χ4n) is 2.15. The van der Waals surface area contributed by atoms with Crippen LogP contribution in [0.1, 0.15) is 5.56 Å². The van der Waals surface area contributed by atoms with Gasteiger partial charge in [-0.3, -0.25) is 4.79 Å². The number of H-pyrrole nitrogens is 1. The lowest BCUT2D eigenvalue weighted by Gasteiger charge is -2.08. The van der Waals surface area contributed by atoms with Crippen molar-refractivity contribution in [1.82, 2.24) is 9.97 Å². The van der Waals surface area contributed by atoms with E-state index in [4.69, 9.17) is 11.6 Å². The van der Waals surface area contributed by atoms with Crippen LogP contribution in [0.2, 0.25) is 5.02 Å². The molecular weight excluding hydrogens is 284 g/mol. The van der Waals surface area contributed by atoms with Crippen molar-refractivity contribution in [3.8, 4) is 22.6 Å². The van der Waals surface area contributed by atoms with Gasteiger partial charge in [-0.1, -0.05) is 41.9 Å². The van der Waals surface area contributed by atoms with Crippen LogP contribution in [0.4, 0.5) is 0 Å². The second-order valence-electron chi connectivity index (χ2n) is 4.76. The van der Waals surface area contributed by atoms with E-state index >= 15 is 0 Å². The van der Waals surface area contributed by atoms with E-state index in [9.17, 15) is 4.79 Å². The summed E-state index contributed by atoms with van der Waals surface area (Å²) in [5.41, 5.74) is 2.93. The standard InChI is InChI=1S/C17H13ClN2O/c1-11-15(12-5-3-2-4-6-12)19-16(20-17(11)21)13-7-9-14(18)10-8-13/h2-10H,1H3,(H,19,20,21). The number of rotatable bonds is 2. The first-order valence-corrected chi connectivity index (χ1v) is 6.95. The molecule has 0 radical (unpaired) electrons. The Kier molecular flexibility index (Phi) is 3.59. The largest absolute Gasteiger partial charge is 0.306 e. The molecule has 0 fully saturated rings. The van der Waals surface area contributed by atoms with Gasteiger partial charge in [-0.25, -0.2) is 4.98 Å². The van der Waals surface area contributed by atoms with Crippen molar-refractivity contribution in [3.63, 3.8) is 0 Å². The SMILES string of the molecule is Cc1c(-c2ccccc2)nc(-c2ccc(Cl)cc2)[nH]c1=O. The van der Waals surface area contributed by atoms with E-state index in [-0.39, 0.29) is 5.56 Å². The number of hydrogen-bond donors (Lipinski definition) is 1. The number of benzene rings is 2. The van der Waals surface area contributed by atoms with Crippen LogP contribution >= 0.6 is 11.6 Å². The Hall–Kier alpha value is -2.39. The lowest BCUT2D eigenvalue weighted by Crippen LogP contribution is -2.14. The highest BCUT2D eigenvalue weighted by atomic mass is 35.5. The zero-order chi connectivity index (χ0) is 14.8. The summed E-state index contributed by atoms with van der Waals surface area (Å²) in [6, 6.07) is 16.9. The second kappa shape index (κ2) is 5.54. The van der Waals surface area contributed by atoms with Crippen molar-refractivity contribution in [2.24, 2.45) is 0 Å².